The summed E-state index contributed by atoms with van der Waals surface area (Å²) in [5, 5.41) is 0. The third-order valence-corrected chi connectivity index (χ3v) is 7.91. The second kappa shape index (κ2) is 10.2. The zero-order valence-electron chi connectivity index (χ0n) is 17.6. The van der Waals surface area contributed by atoms with E-state index in [4.69, 9.17) is 0 Å². The third kappa shape index (κ3) is 5.60. The van der Waals surface area contributed by atoms with E-state index < -0.39 is 10.1 Å². The molecule has 0 aliphatic heterocycles. The number of hydrogen-bond acceptors (Lipinski definition) is 2. The molecular formula is C24H38O3S. The van der Waals surface area contributed by atoms with Crippen LogP contribution in [-0.2, 0) is 16.5 Å². The van der Waals surface area contributed by atoms with Gasteiger partial charge in [-0.15, -0.1) is 0 Å². The van der Waals surface area contributed by atoms with E-state index in [0.717, 1.165) is 56.1 Å². The van der Waals surface area contributed by atoms with Gasteiger partial charge in [0.2, 0.25) is 0 Å². The fourth-order valence-corrected chi connectivity index (χ4v) is 6.39. The molecule has 0 atom stereocenters. The number of unbranched alkanes of at least 4 members (excludes halogenated alkanes) is 3. The smallest absolute Gasteiger partial charge is 0.282 e. The van der Waals surface area contributed by atoms with Gasteiger partial charge in [-0.25, -0.2) is 0 Å². The minimum atomic E-state index is -4.20. The molecule has 28 heavy (non-hydrogen) atoms. The zero-order chi connectivity index (χ0) is 20.0. The number of aryl methyl sites for hydroxylation is 1. The SMILES string of the molecule is CCCCCCc1cc(C2CCCCC2)cc(C2CCCCC2)c1S(=O)(=O)O. The van der Waals surface area contributed by atoms with Crippen molar-refractivity contribution in [2.24, 2.45) is 0 Å². The molecule has 4 heteroatoms. The lowest BCUT2D eigenvalue weighted by Gasteiger charge is -2.28. The third-order valence-electron chi connectivity index (χ3n) is 6.90. The molecule has 1 aromatic rings. The van der Waals surface area contributed by atoms with E-state index in [1.165, 1.54) is 56.9 Å². The summed E-state index contributed by atoms with van der Waals surface area (Å²) in [5.74, 6) is 0.838. The van der Waals surface area contributed by atoms with Gasteiger partial charge in [-0.2, -0.15) is 8.42 Å². The second-order valence-electron chi connectivity index (χ2n) is 9.05. The van der Waals surface area contributed by atoms with Crippen molar-refractivity contribution in [3.8, 4) is 0 Å². The van der Waals surface area contributed by atoms with Gasteiger partial charge in [-0.3, -0.25) is 4.55 Å². The Bertz CT molecular complexity index is 726. The van der Waals surface area contributed by atoms with Crippen molar-refractivity contribution in [2.75, 3.05) is 0 Å². The Hall–Kier alpha value is -0.870. The normalized spacial score (nSPS) is 19.8. The summed E-state index contributed by atoms with van der Waals surface area (Å²) in [7, 11) is -4.20. The van der Waals surface area contributed by atoms with Gasteiger partial charge < -0.3 is 0 Å². The highest BCUT2D eigenvalue weighted by molar-refractivity contribution is 7.86. The lowest BCUT2D eigenvalue weighted by molar-refractivity contribution is 0.427. The van der Waals surface area contributed by atoms with Crippen molar-refractivity contribution < 1.29 is 13.0 Å². The first-order valence-electron chi connectivity index (χ1n) is 11.6. The van der Waals surface area contributed by atoms with Crippen molar-refractivity contribution >= 4 is 10.1 Å². The molecule has 2 saturated carbocycles. The molecule has 0 unspecified atom stereocenters. The Morgan fingerprint density at radius 1 is 0.857 bits per heavy atom. The van der Waals surface area contributed by atoms with Gasteiger partial charge in [-0.1, -0.05) is 76.8 Å². The molecule has 1 aromatic carbocycles. The van der Waals surface area contributed by atoms with E-state index in [0.29, 0.717) is 5.92 Å². The van der Waals surface area contributed by atoms with Crippen molar-refractivity contribution in [2.45, 2.75) is 120 Å². The molecule has 0 spiro atoms. The van der Waals surface area contributed by atoms with Crippen LogP contribution >= 0.6 is 0 Å². The predicted octanol–water partition coefficient (Wildman–Crippen LogP) is 7.15. The van der Waals surface area contributed by atoms with Crippen molar-refractivity contribution in [3.63, 3.8) is 0 Å². The van der Waals surface area contributed by atoms with E-state index in [2.05, 4.69) is 19.1 Å². The summed E-state index contributed by atoms with van der Waals surface area (Å²) < 4.78 is 35.1. The van der Waals surface area contributed by atoms with Crippen LogP contribution in [0.4, 0.5) is 0 Å². The lowest BCUT2D eigenvalue weighted by Crippen LogP contribution is -2.15. The first-order chi connectivity index (χ1) is 13.5. The topological polar surface area (TPSA) is 54.4 Å². The monoisotopic (exact) mass is 406 g/mol. The molecule has 1 N–H and O–H groups in total. The first-order valence-corrected chi connectivity index (χ1v) is 13.1. The van der Waals surface area contributed by atoms with E-state index in [9.17, 15) is 13.0 Å². The van der Waals surface area contributed by atoms with Crippen LogP contribution in [0.25, 0.3) is 0 Å². The molecule has 0 aromatic heterocycles. The molecule has 0 saturated heterocycles. The van der Waals surface area contributed by atoms with Gasteiger partial charge in [0, 0.05) is 0 Å². The van der Waals surface area contributed by atoms with E-state index in [1.54, 1.807) is 0 Å². The molecule has 0 amide bonds. The first kappa shape index (κ1) is 21.8. The average molecular weight is 407 g/mol. The Balaban J connectivity index is 2.02. The molecule has 158 valence electrons. The van der Waals surface area contributed by atoms with Crippen LogP contribution in [0.3, 0.4) is 0 Å². The van der Waals surface area contributed by atoms with E-state index >= 15 is 0 Å². The van der Waals surface area contributed by atoms with Crippen LogP contribution in [0, 0.1) is 0 Å². The van der Waals surface area contributed by atoms with Gasteiger partial charge in [0.05, 0.1) is 0 Å². The molecule has 2 aliphatic rings. The minimum absolute atomic E-state index is 0.260. The Morgan fingerprint density at radius 2 is 1.46 bits per heavy atom. The molecule has 0 radical (unpaired) electrons. The van der Waals surface area contributed by atoms with Gasteiger partial charge in [0.1, 0.15) is 4.90 Å². The number of rotatable bonds is 8. The molecule has 0 bridgehead atoms. The maximum atomic E-state index is 12.4. The lowest BCUT2D eigenvalue weighted by atomic mass is 9.78. The van der Waals surface area contributed by atoms with Crippen molar-refractivity contribution in [1.29, 1.82) is 0 Å². The maximum absolute atomic E-state index is 12.4. The average Bonchev–Trinajstić information content (AvgIpc) is 2.71. The highest BCUT2D eigenvalue weighted by Gasteiger charge is 2.29. The maximum Gasteiger partial charge on any atom is 0.295 e. The predicted molar refractivity (Wildman–Crippen MR) is 116 cm³/mol. The summed E-state index contributed by atoms with van der Waals surface area (Å²) in [6.45, 7) is 2.19. The van der Waals surface area contributed by atoms with Crippen molar-refractivity contribution in [3.05, 3.63) is 28.8 Å². The summed E-state index contributed by atoms with van der Waals surface area (Å²) in [5.41, 5.74) is 3.14. The fraction of sp³-hybridized carbons (Fsp3) is 0.750. The van der Waals surface area contributed by atoms with Gasteiger partial charge in [0.15, 0.2) is 0 Å². The fourth-order valence-electron chi connectivity index (χ4n) is 5.37. The standard InChI is InChI=1S/C24H38O3S/c1-2-3-4-7-16-21-17-22(19-12-8-5-9-13-19)18-23(24(21)28(25,26)27)20-14-10-6-11-15-20/h17-20H,2-16H2,1H3,(H,25,26,27). The van der Waals surface area contributed by atoms with Crippen molar-refractivity contribution in [1.82, 2.24) is 0 Å². The number of benzene rings is 1. The molecular weight excluding hydrogens is 368 g/mol. The number of hydrogen-bond donors (Lipinski definition) is 1. The van der Waals surface area contributed by atoms with Crippen LogP contribution < -0.4 is 0 Å². The zero-order valence-corrected chi connectivity index (χ0v) is 18.4. The Kier molecular flexibility index (Phi) is 7.99. The highest BCUT2D eigenvalue weighted by Crippen LogP contribution is 2.41. The van der Waals surface area contributed by atoms with Crippen LogP contribution in [0.15, 0.2) is 17.0 Å². The van der Waals surface area contributed by atoms with Gasteiger partial charge >= 0.3 is 0 Å². The summed E-state index contributed by atoms with van der Waals surface area (Å²) >= 11 is 0. The summed E-state index contributed by atoms with van der Waals surface area (Å²) in [6.07, 6.45) is 17.2. The van der Waals surface area contributed by atoms with Crippen LogP contribution in [0.1, 0.15) is 125 Å². The Labute approximate surface area is 172 Å². The van der Waals surface area contributed by atoms with Crippen LogP contribution in [-0.4, -0.2) is 13.0 Å². The van der Waals surface area contributed by atoms with Crippen LogP contribution in [0.5, 0.6) is 0 Å². The Morgan fingerprint density at radius 3 is 2.04 bits per heavy atom. The molecule has 2 fully saturated rings. The largest absolute Gasteiger partial charge is 0.295 e. The highest BCUT2D eigenvalue weighted by atomic mass is 32.2. The second-order valence-corrected chi connectivity index (χ2v) is 10.4. The summed E-state index contributed by atoms with van der Waals surface area (Å²) in [6, 6.07) is 4.31. The van der Waals surface area contributed by atoms with Crippen LogP contribution in [0.2, 0.25) is 0 Å². The van der Waals surface area contributed by atoms with Gasteiger partial charge in [-0.05, 0) is 67.1 Å². The minimum Gasteiger partial charge on any atom is -0.282 e. The molecule has 2 aliphatic carbocycles. The molecule has 3 rings (SSSR count). The molecule has 3 nitrogen and oxygen atoms in total. The van der Waals surface area contributed by atoms with Gasteiger partial charge in [0.25, 0.3) is 10.1 Å². The molecule has 0 heterocycles. The quantitative estimate of drug-likeness (QED) is 0.368. The summed E-state index contributed by atoms with van der Waals surface area (Å²) in [4.78, 5) is 0.260. The van der Waals surface area contributed by atoms with E-state index in [1.807, 2.05) is 0 Å². The van der Waals surface area contributed by atoms with E-state index in [-0.39, 0.29) is 10.8 Å².